The van der Waals surface area contributed by atoms with Crippen LogP contribution < -0.4 is 0 Å². The van der Waals surface area contributed by atoms with E-state index in [4.69, 9.17) is 16.3 Å². The molecule has 5 heteroatoms. The Kier molecular flexibility index (Phi) is 5.17. The van der Waals surface area contributed by atoms with Crippen molar-refractivity contribution in [1.82, 2.24) is 4.98 Å². The number of benzene rings is 2. The predicted octanol–water partition coefficient (Wildman–Crippen LogP) is 5.43. The number of halogens is 1. The number of aromatic nitrogens is 1. The van der Waals surface area contributed by atoms with Gasteiger partial charge < -0.3 is 4.74 Å². The Morgan fingerprint density at radius 2 is 1.88 bits per heavy atom. The average molecular weight is 360 g/mol. The standard InChI is InChI=1S/C19H18ClNO2S/c1-12(2)18(13-7-9-14(20)10-8-13)19(22)23-11-17-21-15-5-3-4-6-16(15)24-17/h3-10,12,18H,11H2,1-2H3/t18-/m1/s1. The van der Waals surface area contributed by atoms with Gasteiger partial charge in [0.15, 0.2) is 0 Å². The van der Waals surface area contributed by atoms with Crippen molar-refractivity contribution in [2.45, 2.75) is 26.4 Å². The van der Waals surface area contributed by atoms with Crippen molar-refractivity contribution in [3.05, 3.63) is 64.1 Å². The van der Waals surface area contributed by atoms with Gasteiger partial charge in [-0.05, 0) is 35.7 Å². The lowest BCUT2D eigenvalue weighted by atomic mass is 9.88. The predicted molar refractivity (Wildman–Crippen MR) is 98.4 cm³/mol. The van der Waals surface area contributed by atoms with Gasteiger partial charge in [-0.1, -0.05) is 49.7 Å². The number of ether oxygens (including phenoxy) is 1. The molecule has 3 aromatic rings. The van der Waals surface area contributed by atoms with Gasteiger partial charge in [0, 0.05) is 5.02 Å². The number of nitrogens with zero attached hydrogens (tertiary/aromatic N) is 1. The zero-order valence-corrected chi connectivity index (χ0v) is 15.1. The monoisotopic (exact) mass is 359 g/mol. The molecule has 24 heavy (non-hydrogen) atoms. The molecule has 124 valence electrons. The van der Waals surface area contributed by atoms with E-state index in [0.717, 1.165) is 20.8 Å². The van der Waals surface area contributed by atoms with Crippen LogP contribution in [0.5, 0.6) is 0 Å². The fourth-order valence-corrected chi connectivity index (χ4v) is 3.67. The van der Waals surface area contributed by atoms with E-state index in [-0.39, 0.29) is 24.4 Å². The van der Waals surface area contributed by atoms with Gasteiger partial charge in [-0.15, -0.1) is 11.3 Å². The minimum atomic E-state index is -0.309. The van der Waals surface area contributed by atoms with E-state index in [9.17, 15) is 4.79 Å². The van der Waals surface area contributed by atoms with E-state index >= 15 is 0 Å². The number of hydrogen-bond donors (Lipinski definition) is 0. The molecule has 0 aliphatic carbocycles. The van der Waals surface area contributed by atoms with Crippen LogP contribution in [0.2, 0.25) is 5.02 Å². The number of hydrogen-bond acceptors (Lipinski definition) is 4. The molecule has 0 saturated carbocycles. The molecule has 0 radical (unpaired) electrons. The van der Waals surface area contributed by atoms with E-state index in [2.05, 4.69) is 4.98 Å². The maximum Gasteiger partial charge on any atom is 0.314 e. The third kappa shape index (κ3) is 3.77. The molecule has 0 fully saturated rings. The van der Waals surface area contributed by atoms with Gasteiger partial charge >= 0.3 is 5.97 Å². The van der Waals surface area contributed by atoms with Gasteiger partial charge in [0.25, 0.3) is 0 Å². The smallest absolute Gasteiger partial charge is 0.314 e. The Hall–Kier alpha value is -1.91. The van der Waals surface area contributed by atoms with Gasteiger partial charge in [0.1, 0.15) is 11.6 Å². The molecule has 0 aliphatic heterocycles. The van der Waals surface area contributed by atoms with Crippen molar-refractivity contribution < 1.29 is 9.53 Å². The molecular weight excluding hydrogens is 342 g/mol. The number of thiazole rings is 1. The van der Waals surface area contributed by atoms with Gasteiger partial charge in [-0.25, -0.2) is 4.98 Å². The zero-order valence-electron chi connectivity index (χ0n) is 13.5. The highest BCUT2D eigenvalue weighted by Crippen LogP contribution is 2.28. The molecule has 0 bridgehead atoms. The quantitative estimate of drug-likeness (QED) is 0.570. The summed E-state index contributed by atoms with van der Waals surface area (Å²) in [5.41, 5.74) is 1.86. The summed E-state index contributed by atoms with van der Waals surface area (Å²) in [6.07, 6.45) is 0. The van der Waals surface area contributed by atoms with Crippen LogP contribution in [0.1, 0.15) is 30.3 Å². The van der Waals surface area contributed by atoms with Gasteiger partial charge in [-0.2, -0.15) is 0 Å². The molecule has 0 aliphatic rings. The second kappa shape index (κ2) is 7.32. The van der Waals surface area contributed by atoms with Crippen LogP contribution >= 0.6 is 22.9 Å². The first-order valence-corrected chi connectivity index (χ1v) is 9.00. The summed E-state index contributed by atoms with van der Waals surface area (Å²) >= 11 is 7.48. The third-order valence-electron chi connectivity index (χ3n) is 3.83. The maximum absolute atomic E-state index is 12.6. The summed E-state index contributed by atoms with van der Waals surface area (Å²) in [6, 6.07) is 15.3. The van der Waals surface area contributed by atoms with Crippen molar-refractivity contribution in [2.75, 3.05) is 0 Å². The lowest BCUT2D eigenvalue weighted by Crippen LogP contribution is -2.20. The van der Waals surface area contributed by atoms with Crippen LogP contribution in [0.3, 0.4) is 0 Å². The molecule has 0 spiro atoms. The van der Waals surface area contributed by atoms with Crippen molar-refractivity contribution in [1.29, 1.82) is 0 Å². The molecular formula is C19H18ClNO2S. The number of carbonyl (C=O) groups is 1. The molecule has 3 nitrogen and oxygen atoms in total. The van der Waals surface area contributed by atoms with E-state index < -0.39 is 0 Å². The Balaban J connectivity index is 1.72. The first-order chi connectivity index (χ1) is 11.5. The van der Waals surface area contributed by atoms with Crippen molar-refractivity contribution >= 4 is 39.1 Å². The lowest BCUT2D eigenvalue weighted by Gasteiger charge is -2.19. The van der Waals surface area contributed by atoms with Crippen LogP contribution in [0.15, 0.2) is 48.5 Å². The SMILES string of the molecule is CC(C)[C@@H](C(=O)OCc1nc2ccccc2s1)c1ccc(Cl)cc1. The minimum absolute atomic E-state index is 0.133. The van der Waals surface area contributed by atoms with Crippen LogP contribution in [0.25, 0.3) is 10.2 Å². The van der Waals surface area contributed by atoms with Gasteiger partial charge in [-0.3, -0.25) is 4.79 Å². The van der Waals surface area contributed by atoms with E-state index in [1.165, 1.54) is 0 Å². The fraction of sp³-hybridized carbons (Fsp3) is 0.263. The van der Waals surface area contributed by atoms with Crippen molar-refractivity contribution in [3.8, 4) is 0 Å². The minimum Gasteiger partial charge on any atom is -0.458 e. The first kappa shape index (κ1) is 16.9. The molecule has 0 saturated heterocycles. The second-order valence-corrected chi connectivity index (χ2v) is 7.51. The number of para-hydroxylation sites is 1. The molecule has 3 rings (SSSR count). The molecule has 0 N–H and O–H groups in total. The summed E-state index contributed by atoms with van der Waals surface area (Å²) in [5.74, 6) is -0.405. The number of rotatable bonds is 5. The molecule has 1 heterocycles. The fourth-order valence-electron chi connectivity index (χ4n) is 2.67. The molecule has 1 aromatic heterocycles. The summed E-state index contributed by atoms with van der Waals surface area (Å²) in [6.45, 7) is 4.23. The summed E-state index contributed by atoms with van der Waals surface area (Å²) in [5, 5.41) is 1.47. The third-order valence-corrected chi connectivity index (χ3v) is 5.09. The molecule has 1 atom stereocenters. The highest BCUT2D eigenvalue weighted by atomic mass is 35.5. The van der Waals surface area contributed by atoms with Gasteiger partial charge in [0.2, 0.25) is 0 Å². The molecule has 2 aromatic carbocycles. The molecule has 0 amide bonds. The van der Waals surface area contributed by atoms with E-state index in [0.29, 0.717) is 5.02 Å². The lowest BCUT2D eigenvalue weighted by molar-refractivity contribution is -0.148. The number of esters is 1. The summed E-state index contributed by atoms with van der Waals surface area (Å²) in [7, 11) is 0. The second-order valence-electron chi connectivity index (χ2n) is 5.96. The van der Waals surface area contributed by atoms with E-state index in [1.54, 1.807) is 23.5 Å². The summed E-state index contributed by atoms with van der Waals surface area (Å²) in [4.78, 5) is 17.1. The van der Waals surface area contributed by atoms with Crippen LogP contribution in [-0.2, 0) is 16.1 Å². The van der Waals surface area contributed by atoms with Gasteiger partial charge in [0.05, 0.1) is 16.1 Å². The first-order valence-electron chi connectivity index (χ1n) is 7.81. The summed E-state index contributed by atoms with van der Waals surface area (Å²) < 4.78 is 6.64. The molecule has 0 unspecified atom stereocenters. The largest absolute Gasteiger partial charge is 0.458 e. The number of carbonyl (C=O) groups excluding carboxylic acids is 1. The highest BCUT2D eigenvalue weighted by molar-refractivity contribution is 7.18. The number of fused-ring (bicyclic) bond motifs is 1. The Bertz CT molecular complexity index is 809. The highest BCUT2D eigenvalue weighted by Gasteiger charge is 2.26. The van der Waals surface area contributed by atoms with E-state index in [1.807, 2.05) is 50.2 Å². The normalized spacial score (nSPS) is 12.5. The van der Waals surface area contributed by atoms with Crippen LogP contribution in [0.4, 0.5) is 0 Å². The topological polar surface area (TPSA) is 39.2 Å². The van der Waals surface area contributed by atoms with Crippen LogP contribution in [-0.4, -0.2) is 11.0 Å². The zero-order chi connectivity index (χ0) is 17.1. The Morgan fingerprint density at radius 3 is 2.54 bits per heavy atom. The average Bonchev–Trinajstić information content (AvgIpc) is 2.97. The van der Waals surface area contributed by atoms with Crippen molar-refractivity contribution in [3.63, 3.8) is 0 Å². The van der Waals surface area contributed by atoms with Crippen molar-refractivity contribution in [2.24, 2.45) is 5.92 Å². The Labute approximate surface area is 150 Å². The Morgan fingerprint density at radius 1 is 1.17 bits per heavy atom. The maximum atomic E-state index is 12.6. The van der Waals surface area contributed by atoms with Crippen LogP contribution in [0, 0.1) is 5.92 Å².